The molecule has 0 amide bonds. The number of carboxylic acids is 7. The van der Waals surface area contributed by atoms with Crippen molar-refractivity contribution in [1.29, 1.82) is 0 Å². The van der Waals surface area contributed by atoms with Crippen LogP contribution in [0.1, 0.15) is 72.5 Å². The summed E-state index contributed by atoms with van der Waals surface area (Å²) >= 11 is 0. The summed E-state index contributed by atoms with van der Waals surface area (Å²) in [5.41, 5.74) is -4.39. The molecule has 2 aromatic carbocycles. The van der Waals surface area contributed by atoms with Crippen molar-refractivity contribution < 1.29 is 69.3 Å². The van der Waals surface area contributed by atoms with E-state index in [4.69, 9.17) is 35.7 Å². The fraction of sp³-hybridized carbons (Fsp3) is 0. The van der Waals surface area contributed by atoms with E-state index >= 15 is 0 Å². The Hall–Kier alpha value is -5.27. The zero-order valence-electron chi connectivity index (χ0n) is 15.9. The summed E-state index contributed by atoms with van der Waals surface area (Å²) in [5, 5.41) is 60.9. The predicted molar refractivity (Wildman–Crippen MR) is 102 cm³/mol. The van der Waals surface area contributed by atoms with Gasteiger partial charge in [0.1, 0.15) is 0 Å². The van der Waals surface area contributed by atoms with Gasteiger partial charge in [-0.05, 0) is 30.3 Å². The summed E-state index contributed by atoms with van der Waals surface area (Å²) in [7, 11) is 0. The van der Waals surface area contributed by atoms with E-state index in [-0.39, 0.29) is 5.56 Å². The summed E-state index contributed by atoms with van der Waals surface area (Å²) < 4.78 is 0. The zero-order chi connectivity index (χ0) is 25.6. The van der Waals surface area contributed by atoms with Gasteiger partial charge in [-0.1, -0.05) is 0 Å². The second-order valence-corrected chi connectivity index (χ2v) is 5.84. The van der Waals surface area contributed by atoms with Crippen LogP contribution < -0.4 is 0 Å². The number of carboxylic acid groups (broad SMARTS) is 7. The number of carbonyl (C=O) groups is 7. The Labute approximate surface area is 181 Å². The molecule has 33 heavy (non-hydrogen) atoms. The number of rotatable bonds is 7. The molecule has 0 unspecified atom stereocenters. The highest BCUT2D eigenvalue weighted by molar-refractivity contribution is 6.09. The van der Waals surface area contributed by atoms with E-state index in [9.17, 15) is 33.6 Å². The maximum atomic E-state index is 10.8. The highest BCUT2D eigenvalue weighted by Gasteiger charge is 2.25. The molecule has 14 nitrogen and oxygen atoms in total. The summed E-state index contributed by atoms with van der Waals surface area (Å²) in [6.45, 7) is 0. The Kier molecular flexibility index (Phi) is 7.93. The molecule has 7 N–H and O–H groups in total. The second-order valence-electron chi connectivity index (χ2n) is 5.84. The van der Waals surface area contributed by atoms with Crippen LogP contribution in [0.2, 0.25) is 0 Å². The molecule has 0 aliphatic carbocycles. The van der Waals surface area contributed by atoms with Crippen molar-refractivity contribution in [2.24, 2.45) is 0 Å². The number of hydrogen-bond acceptors (Lipinski definition) is 7. The quantitative estimate of drug-likeness (QED) is 0.304. The minimum atomic E-state index is -1.66. The molecule has 0 fully saturated rings. The topological polar surface area (TPSA) is 261 Å². The summed E-state index contributed by atoms with van der Waals surface area (Å²) in [6, 6.07) is 3.83. The Morgan fingerprint density at radius 2 is 0.636 bits per heavy atom. The maximum absolute atomic E-state index is 10.8. The highest BCUT2D eigenvalue weighted by atomic mass is 16.4. The molecule has 0 aliphatic rings. The Morgan fingerprint density at radius 1 is 0.364 bits per heavy atom. The van der Waals surface area contributed by atoms with Gasteiger partial charge in [0.2, 0.25) is 0 Å². The molecular weight excluding hydrogens is 452 g/mol. The standard InChI is InChI=1S/C10H6O8.C9H6O6/c11-7(12)3-1-4(8(13)14)6(10(17)18)2-5(3)9(15)16;10-7(11)4-1-2-5(8(12)13)6(3-4)9(14)15/h1-2H,(H,11,12)(H,13,14)(H,15,16)(H,17,18);1-3H,(H,10,11)(H,12,13)(H,14,15). The van der Waals surface area contributed by atoms with Crippen LogP contribution in [-0.2, 0) is 0 Å². The van der Waals surface area contributed by atoms with E-state index < -0.39 is 75.2 Å². The molecule has 0 radical (unpaired) electrons. The summed E-state index contributed by atoms with van der Waals surface area (Å²) in [6.07, 6.45) is 0. The smallest absolute Gasteiger partial charge is 0.336 e. The van der Waals surface area contributed by atoms with Crippen LogP contribution in [0.5, 0.6) is 0 Å². The van der Waals surface area contributed by atoms with Crippen molar-refractivity contribution in [3.8, 4) is 0 Å². The summed E-state index contributed by atoms with van der Waals surface area (Å²) in [5.74, 6) is -10.8. The van der Waals surface area contributed by atoms with Gasteiger partial charge >= 0.3 is 41.8 Å². The van der Waals surface area contributed by atoms with E-state index in [1.54, 1.807) is 0 Å². The van der Waals surface area contributed by atoms with Crippen LogP contribution in [0.25, 0.3) is 0 Å². The van der Waals surface area contributed by atoms with Crippen LogP contribution in [0.4, 0.5) is 0 Å². The third-order valence-electron chi connectivity index (χ3n) is 3.81. The average molecular weight is 464 g/mol. The zero-order valence-corrected chi connectivity index (χ0v) is 15.9. The molecule has 172 valence electrons. The fourth-order valence-corrected chi connectivity index (χ4v) is 2.35. The monoisotopic (exact) mass is 464 g/mol. The third-order valence-corrected chi connectivity index (χ3v) is 3.81. The van der Waals surface area contributed by atoms with Crippen molar-refractivity contribution in [3.05, 3.63) is 69.3 Å². The Morgan fingerprint density at radius 3 is 0.879 bits per heavy atom. The van der Waals surface area contributed by atoms with Crippen molar-refractivity contribution in [1.82, 2.24) is 0 Å². The molecule has 2 aromatic rings. The summed E-state index contributed by atoms with van der Waals surface area (Å²) in [4.78, 5) is 74.9. The Balaban J connectivity index is 0.000000335. The lowest BCUT2D eigenvalue weighted by Gasteiger charge is -2.06. The van der Waals surface area contributed by atoms with Gasteiger partial charge in [0.15, 0.2) is 0 Å². The number of aromatic carboxylic acids is 7. The largest absolute Gasteiger partial charge is 0.478 e. The molecule has 0 aliphatic heterocycles. The molecule has 0 saturated heterocycles. The SMILES string of the molecule is O=C(O)c1cc(C(=O)O)c(C(=O)O)cc1C(=O)O.O=C(O)c1ccc(C(=O)O)c(C(=O)O)c1. The first-order valence-electron chi connectivity index (χ1n) is 8.14. The maximum Gasteiger partial charge on any atom is 0.336 e. The first-order valence-corrected chi connectivity index (χ1v) is 8.14. The first kappa shape index (κ1) is 25.8. The van der Waals surface area contributed by atoms with Crippen molar-refractivity contribution >= 4 is 41.8 Å². The minimum absolute atomic E-state index is 0.266. The normalized spacial score (nSPS) is 9.70. The molecule has 2 rings (SSSR count). The van der Waals surface area contributed by atoms with Crippen molar-refractivity contribution in [2.45, 2.75) is 0 Å². The van der Waals surface area contributed by atoms with Crippen LogP contribution in [-0.4, -0.2) is 77.5 Å². The number of hydrogen-bond donors (Lipinski definition) is 7. The molecule has 0 saturated carbocycles. The van der Waals surface area contributed by atoms with Gasteiger partial charge in [-0.25, -0.2) is 33.6 Å². The van der Waals surface area contributed by atoms with Crippen LogP contribution in [0.15, 0.2) is 30.3 Å². The highest BCUT2D eigenvalue weighted by Crippen LogP contribution is 2.18. The lowest BCUT2D eigenvalue weighted by atomic mass is 9.98. The van der Waals surface area contributed by atoms with Gasteiger partial charge in [-0.2, -0.15) is 0 Å². The lowest BCUT2D eigenvalue weighted by Crippen LogP contribution is -2.15. The molecule has 14 heteroatoms. The van der Waals surface area contributed by atoms with E-state index in [2.05, 4.69) is 0 Å². The number of benzene rings is 2. The van der Waals surface area contributed by atoms with E-state index in [0.29, 0.717) is 12.1 Å². The van der Waals surface area contributed by atoms with Crippen molar-refractivity contribution in [2.75, 3.05) is 0 Å². The molecular formula is C19H12O14. The van der Waals surface area contributed by atoms with Gasteiger partial charge in [0.05, 0.1) is 38.9 Å². The van der Waals surface area contributed by atoms with Crippen LogP contribution in [0.3, 0.4) is 0 Å². The van der Waals surface area contributed by atoms with E-state index in [0.717, 1.165) is 18.2 Å². The molecule has 0 heterocycles. The van der Waals surface area contributed by atoms with Crippen LogP contribution >= 0.6 is 0 Å². The predicted octanol–water partition coefficient (Wildman–Crippen LogP) is 1.26. The fourth-order valence-electron chi connectivity index (χ4n) is 2.35. The van der Waals surface area contributed by atoms with Crippen LogP contribution in [0, 0.1) is 0 Å². The molecule has 0 spiro atoms. The van der Waals surface area contributed by atoms with Gasteiger partial charge in [0.25, 0.3) is 0 Å². The van der Waals surface area contributed by atoms with Gasteiger partial charge in [0, 0.05) is 0 Å². The second kappa shape index (κ2) is 10.2. The first-order chi connectivity index (χ1) is 15.2. The van der Waals surface area contributed by atoms with Crippen molar-refractivity contribution in [3.63, 3.8) is 0 Å². The van der Waals surface area contributed by atoms with E-state index in [1.807, 2.05) is 0 Å². The molecule has 0 atom stereocenters. The molecule has 0 bridgehead atoms. The Bertz CT molecular complexity index is 1110. The molecule has 0 aromatic heterocycles. The van der Waals surface area contributed by atoms with Gasteiger partial charge in [-0.15, -0.1) is 0 Å². The third kappa shape index (κ3) is 6.11. The van der Waals surface area contributed by atoms with Gasteiger partial charge < -0.3 is 35.7 Å². The average Bonchev–Trinajstić information content (AvgIpc) is 2.72. The lowest BCUT2D eigenvalue weighted by molar-refractivity contribution is 0.0637. The van der Waals surface area contributed by atoms with Gasteiger partial charge in [-0.3, -0.25) is 0 Å². The van der Waals surface area contributed by atoms with E-state index in [1.165, 1.54) is 0 Å². The minimum Gasteiger partial charge on any atom is -0.478 e.